The van der Waals surface area contributed by atoms with Crippen LogP contribution < -0.4 is 6.15 Å². The van der Waals surface area contributed by atoms with E-state index in [1.165, 1.54) is 0 Å². The second-order valence-corrected chi connectivity index (χ2v) is 0. The van der Waals surface area contributed by atoms with E-state index in [-0.39, 0.29) is 259 Å². The molecule has 0 fully saturated rings. The molecule has 0 aliphatic heterocycles. The summed E-state index contributed by atoms with van der Waals surface area (Å²) in [5, 5.41) is 0. The van der Waals surface area contributed by atoms with Crippen molar-refractivity contribution in [1.82, 2.24) is 6.15 Å². The maximum Gasteiger partial charge on any atom is 0 e. The Morgan fingerprint density at radius 2 is 0.154 bits per heavy atom. The van der Waals surface area contributed by atoms with Crippen LogP contribution in [0, 0.1) is 0 Å². The maximum absolute atomic E-state index is 0. The third kappa shape index (κ3) is 99.3. The van der Waals surface area contributed by atoms with Crippen LogP contribution in [-0.2, 0) is 253 Å². The molecule has 13 heteroatoms. The van der Waals surface area contributed by atoms with Gasteiger partial charge in [0, 0.05) is 253 Å². The predicted molar refractivity (Wildman–Crippen MR) is 5.02 cm³/mol. The van der Waals surface area contributed by atoms with E-state index in [9.17, 15) is 0 Å². The summed E-state index contributed by atoms with van der Waals surface area (Å²) in [5.74, 6) is 0. The molecule has 0 aliphatic carbocycles. The van der Waals surface area contributed by atoms with Gasteiger partial charge in [-0.25, -0.2) is 0 Å². The molecule has 0 aromatic rings. The molecule has 0 radical (unpaired) electrons. The van der Waals surface area contributed by atoms with Crippen LogP contribution in [0.15, 0.2) is 0 Å². The van der Waals surface area contributed by atoms with Gasteiger partial charge in [-0.05, 0) is 0 Å². The summed E-state index contributed by atoms with van der Waals surface area (Å²) in [7, 11) is 0. The smallest absolute Gasteiger partial charge is 0 e. The van der Waals surface area contributed by atoms with Crippen molar-refractivity contribution in [3.05, 3.63) is 0 Å². The van der Waals surface area contributed by atoms with Crippen molar-refractivity contribution in [1.29, 1.82) is 0 Å². The van der Waals surface area contributed by atoms with Crippen LogP contribution in [0.2, 0.25) is 0 Å². The molecule has 80 valence electrons. The van der Waals surface area contributed by atoms with Gasteiger partial charge in [0.05, 0.1) is 0 Å². The molecule has 0 saturated heterocycles. The molecule has 0 heterocycles. The first-order valence-electron chi connectivity index (χ1n) is 0. The number of hydrogen-bond acceptors (Lipinski definition) is 1. The molecule has 0 amide bonds. The number of rotatable bonds is 0. The Labute approximate surface area is 252 Å². The van der Waals surface area contributed by atoms with E-state index in [1.807, 2.05) is 0 Å². The van der Waals surface area contributed by atoms with Crippen molar-refractivity contribution >= 4 is 0 Å². The standard InChI is InChI=1S/12Mo.H3N/h;;;;;;;;;;;;1H3. The monoisotopic (exact) mass is 1190 g/mol. The Kier molecular flexibility index (Phi) is 1090. The van der Waals surface area contributed by atoms with Gasteiger partial charge in [0.15, 0.2) is 0 Å². The molecule has 0 aliphatic rings. The fourth-order valence-electron chi connectivity index (χ4n) is 0. The fraction of sp³-hybridized carbons (Fsp3) is 0. The molecular weight excluding hydrogens is 1170 g/mol. The van der Waals surface area contributed by atoms with E-state index < -0.39 is 0 Å². The zero-order valence-electron chi connectivity index (χ0n) is 5.61. The first-order valence-corrected chi connectivity index (χ1v) is 0. The van der Waals surface area contributed by atoms with Crippen molar-refractivity contribution in [3.63, 3.8) is 0 Å². The molecule has 1 nitrogen and oxygen atoms in total. The van der Waals surface area contributed by atoms with Crippen molar-refractivity contribution in [3.8, 4) is 0 Å². The summed E-state index contributed by atoms with van der Waals surface area (Å²) in [5.41, 5.74) is 0. The SMILES string of the molecule is N.[Mo].[Mo].[Mo].[Mo].[Mo].[Mo].[Mo].[Mo].[Mo].[Mo].[Mo].[Mo]. The topological polar surface area (TPSA) is 35.0 Å². The van der Waals surface area contributed by atoms with Gasteiger partial charge in [0.25, 0.3) is 0 Å². The first kappa shape index (κ1) is 128. The summed E-state index contributed by atoms with van der Waals surface area (Å²) in [6.07, 6.45) is 0. The molecule has 0 saturated carbocycles. The average Bonchev–Trinajstić information content (AvgIpc) is 0. The predicted octanol–water partition coefficient (Wildman–Crippen LogP) is 0.132. The molecule has 0 atom stereocenters. The largest absolute Gasteiger partial charge is 0.344 e. The van der Waals surface area contributed by atoms with Crippen molar-refractivity contribution in [2.24, 2.45) is 0 Å². The van der Waals surface area contributed by atoms with E-state index in [2.05, 4.69) is 0 Å². The minimum atomic E-state index is 0. The molecule has 3 N–H and O–H groups in total. The van der Waals surface area contributed by atoms with E-state index in [4.69, 9.17) is 0 Å². The Morgan fingerprint density at radius 1 is 0.154 bits per heavy atom. The Bertz CT molecular complexity index is 5.09. The third-order valence-corrected chi connectivity index (χ3v) is 0. The molecule has 0 aromatic heterocycles. The van der Waals surface area contributed by atoms with Gasteiger partial charge < -0.3 is 6.15 Å². The van der Waals surface area contributed by atoms with Crippen molar-refractivity contribution in [2.45, 2.75) is 0 Å². The van der Waals surface area contributed by atoms with E-state index in [0.29, 0.717) is 0 Å². The van der Waals surface area contributed by atoms with Crippen molar-refractivity contribution < 1.29 is 253 Å². The summed E-state index contributed by atoms with van der Waals surface area (Å²) in [6.45, 7) is 0. The molecule has 0 spiro atoms. The molecule has 0 rings (SSSR count). The first-order chi connectivity index (χ1) is 0. The second-order valence-electron chi connectivity index (χ2n) is 0. The minimum absolute atomic E-state index is 0. The molecule has 0 unspecified atom stereocenters. The molecule has 13 heavy (non-hydrogen) atoms. The van der Waals surface area contributed by atoms with E-state index in [0.717, 1.165) is 0 Å². The van der Waals surface area contributed by atoms with Crippen molar-refractivity contribution in [2.75, 3.05) is 0 Å². The van der Waals surface area contributed by atoms with Gasteiger partial charge in [-0.15, -0.1) is 0 Å². The van der Waals surface area contributed by atoms with Crippen LogP contribution in [0.4, 0.5) is 0 Å². The second kappa shape index (κ2) is 111. The average molecular weight is 1170 g/mol. The normalized spacial score (nSPS) is 0. The Hall–Kier alpha value is 8.22. The quantitative estimate of drug-likeness (QED) is 0.345. The fourth-order valence-corrected chi connectivity index (χ4v) is 0. The minimum Gasteiger partial charge on any atom is -0.344 e. The third-order valence-electron chi connectivity index (χ3n) is 0. The van der Waals surface area contributed by atoms with Crippen LogP contribution in [0.3, 0.4) is 0 Å². The summed E-state index contributed by atoms with van der Waals surface area (Å²) in [6, 6.07) is 0. The molecular formula is H3Mo12N. The van der Waals surface area contributed by atoms with Crippen LogP contribution in [0.25, 0.3) is 0 Å². The van der Waals surface area contributed by atoms with Crippen LogP contribution in [-0.4, -0.2) is 0 Å². The van der Waals surface area contributed by atoms with E-state index in [1.54, 1.807) is 0 Å². The van der Waals surface area contributed by atoms with Crippen LogP contribution in [0.5, 0.6) is 0 Å². The summed E-state index contributed by atoms with van der Waals surface area (Å²) in [4.78, 5) is 0. The van der Waals surface area contributed by atoms with E-state index >= 15 is 0 Å². The zero-order chi connectivity index (χ0) is 0. The van der Waals surface area contributed by atoms with Gasteiger partial charge >= 0.3 is 0 Å². The molecule has 0 aromatic carbocycles. The van der Waals surface area contributed by atoms with Gasteiger partial charge in [0.2, 0.25) is 0 Å². The Morgan fingerprint density at radius 3 is 0.154 bits per heavy atom. The maximum atomic E-state index is 0. The van der Waals surface area contributed by atoms with Gasteiger partial charge in [-0.1, -0.05) is 0 Å². The van der Waals surface area contributed by atoms with Crippen LogP contribution >= 0.6 is 0 Å². The number of hydrogen-bond donors (Lipinski definition) is 1. The zero-order valence-corrected chi connectivity index (χ0v) is 29.7. The van der Waals surface area contributed by atoms with Gasteiger partial charge in [-0.3, -0.25) is 0 Å². The van der Waals surface area contributed by atoms with Gasteiger partial charge in [-0.2, -0.15) is 0 Å². The Balaban J connectivity index is 0. The summed E-state index contributed by atoms with van der Waals surface area (Å²) >= 11 is 0. The molecule has 0 bridgehead atoms. The van der Waals surface area contributed by atoms with Crippen LogP contribution in [0.1, 0.15) is 0 Å². The summed E-state index contributed by atoms with van der Waals surface area (Å²) < 4.78 is 0. The van der Waals surface area contributed by atoms with Gasteiger partial charge in [0.1, 0.15) is 0 Å².